The third-order valence-corrected chi connectivity index (χ3v) is 5.87. The van der Waals surface area contributed by atoms with Gasteiger partial charge in [0.25, 0.3) is 11.8 Å². The third kappa shape index (κ3) is 3.07. The van der Waals surface area contributed by atoms with Crippen LogP contribution in [0.3, 0.4) is 0 Å². The predicted molar refractivity (Wildman–Crippen MR) is 114 cm³/mol. The monoisotopic (exact) mass is 393 g/mol. The highest BCUT2D eigenvalue weighted by Crippen LogP contribution is 2.38. The molecule has 144 valence electrons. The van der Waals surface area contributed by atoms with Gasteiger partial charge in [-0.15, -0.1) is 0 Å². The summed E-state index contributed by atoms with van der Waals surface area (Å²) >= 11 is 5.29. The van der Waals surface area contributed by atoms with Crippen LogP contribution in [0.2, 0.25) is 0 Å². The Morgan fingerprint density at radius 3 is 2.43 bits per heavy atom. The molecule has 0 unspecified atom stereocenters. The van der Waals surface area contributed by atoms with Crippen LogP contribution in [0.25, 0.3) is 6.08 Å². The van der Waals surface area contributed by atoms with E-state index in [0.717, 1.165) is 28.1 Å². The van der Waals surface area contributed by atoms with Gasteiger partial charge in [0.1, 0.15) is 5.57 Å². The Balaban J connectivity index is 1.75. The summed E-state index contributed by atoms with van der Waals surface area (Å²) in [5, 5.41) is 2.77. The number of rotatable bonds is 3. The minimum atomic E-state index is -0.452. The fourth-order valence-corrected chi connectivity index (χ4v) is 4.04. The van der Waals surface area contributed by atoms with Crippen LogP contribution in [0.15, 0.2) is 29.8 Å². The fourth-order valence-electron chi connectivity index (χ4n) is 3.76. The normalized spacial score (nSPS) is 18.8. The van der Waals surface area contributed by atoms with E-state index in [1.54, 1.807) is 6.08 Å². The lowest BCUT2D eigenvalue weighted by Gasteiger charge is -2.29. The second-order valence-corrected chi connectivity index (χ2v) is 8.04. The average Bonchev–Trinajstić information content (AvgIpc) is 3.41. The molecule has 4 rings (SSSR count). The Kier molecular flexibility index (Phi) is 4.46. The molecule has 5 nitrogen and oxygen atoms in total. The van der Waals surface area contributed by atoms with Crippen LogP contribution in [0.5, 0.6) is 0 Å². The Morgan fingerprint density at radius 1 is 1.07 bits per heavy atom. The van der Waals surface area contributed by atoms with Gasteiger partial charge in [0.15, 0.2) is 5.11 Å². The van der Waals surface area contributed by atoms with Gasteiger partial charge in [-0.1, -0.05) is 6.07 Å². The molecule has 6 heteroatoms. The molecule has 2 aliphatic rings. The van der Waals surface area contributed by atoms with E-state index in [9.17, 15) is 9.59 Å². The first-order chi connectivity index (χ1) is 13.3. The molecule has 1 aromatic carbocycles. The van der Waals surface area contributed by atoms with Gasteiger partial charge in [-0.05, 0) is 93.7 Å². The van der Waals surface area contributed by atoms with E-state index < -0.39 is 11.8 Å². The number of thiocarbonyl (C=S) groups is 1. The number of nitrogens with one attached hydrogen (secondary N) is 1. The number of aromatic nitrogens is 1. The molecule has 0 bridgehead atoms. The Morgan fingerprint density at radius 2 is 1.79 bits per heavy atom. The second kappa shape index (κ2) is 6.71. The summed E-state index contributed by atoms with van der Waals surface area (Å²) in [6.07, 6.45) is 4.05. The van der Waals surface area contributed by atoms with E-state index in [-0.39, 0.29) is 10.7 Å². The van der Waals surface area contributed by atoms with E-state index in [1.807, 2.05) is 45.0 Å². The highest BCUT2D eigenvalue weighted by molar-refractivity contribution is 7.80. The molecule has 0 atom stereocenters. The minimum absolute atomic E-state index is 0.0999. The van der Waals surface area contributed by atoms with Crippen LogP contribution in [0.4, 0.5) is 5.69 Å². The van der Waals surface area contributed by atoms with Crippen molar-refractivity contribution in [3.8, 4) is 0 Å². The standard InChI is InChI=1S/C22H23N3O2S/c1-12-5-6-18(9-13(12)2)25-21(27)19(20(26)23-22(25)28)11-16-10-14(3)24(15(16)4)17-7-8-17/h5-6,9-11,17H,7-8H2,1-4H3,(H,23,26,28). The fraction of sp³-hybridized carbons (Fsp3) is 0.318. The molecular formula is C22H23N3O2S. The van der Waals surface area contributed by atoms with Crippen LogP contribution in [0.1, 0.15) is 47.0 Å². The molecule has 2 aromatic rings. The average molecular weight is 394 g/mol. The smallest absolute Gasteiger partial charge is 0.270 e. The molecule has 28 heavy (non-hydrogen) atoms. The molecule has 2 amide bonds. The number of carbonyl (C=O) groups is 2. The summed E-state index contributed by atoms with van der Waals surface area (Å²) in [5.41, 5.74) is 6.08. The molecule has 1 aliphatic carbocycles. The van der Waals surface area contributed by atoms with Crippen molar-refractivity contribution >= 4 is 40.9 Å². The lowest BCUT2D eigenvalue weighted by atomic mass is 10.1. The van der Waals surface area contributed by atoms with Crippen molar-refractivity contribution in [3.63, 3.8) is 0 Å². The number of anilines is 1. The van der Waals surface area contributed by atoms with Crippen molar-refractivity contribution in [3.05, 3.63) is 57.9 Å². The van der Waals surface area contributed by atoms with E-state index in [2.05, 4.69) is 16.8 Å². The van der Waals surface area contributed by atoms with Crippen LogP contribution < -0.4 is 10.2 Å². The van der Waals surface area contributed by atoms with Gasteiger partial charge in [-0.2, -0.15) is 0 Å². The first-order valence-corrected chi connectivity index (χ1v) is 9.86. The van der Waals surface area contributed by atoms with Gasteiger partial charge < -0.3 is 4.57 Å². The molecule has 0 radical (unpaired) electrons. The van der Waals surface area contributed by atoms with Crippen molar-refractivity contribution < 1.29 is 9.59 Å². The first kappa shape index (κ1) is 18.6. The quantitative estimate of drug-likeness (QED) is 0.489. The maximum absolute atomic E-state index is 13.2. The van der Waals surface area contributed by atoms with Gasteiger partial charge >= 0.3 is 0 Å². The highest BCUT2D eigenvalue weighted by Gasteiger charge is 2.35. The Labute approximate surface area is 170 Å². The van der Waals surface area contributed by atoms with Gasteiger partial charge in [0.2, 0.25) is 0 Å². The van der Waals surface area contributed by atoms with Gasteiger partial charge in [0.05, 0.1) is 5.69 Å². The van der Waals surface area contributed by atoms with Crippen LogP contribution in [-0.4, -0.2) is 21.5 Å². The topological polar surface area (TPSA) is 54.3 Å². The number of benzene rings is 1. The molecule has 1 saturated heterocycles. The molecule has 1 N–H and O–H groups in total. The summed E-state index contributed by atoms with van der Waals surface area (Å²) in [6.45, 7) is 8.10. The summed E-state index contributed by atoms with van der Waals surface area (Å²) < 4.78 is 2.29. The number of nitrogens with zero attached hydrogens (tertiary/aromatic N) is 2. The number of carbonyl (C=O) groups excluding carboxylic acids is 2. The molecule has 2 heterocycles. The van der Waals surface area contributed by atoms with Gasteiger partial charge in [-0.3, -0.25) is 19.8 Å². The van der Waals surface area contributed by atoms with Crippen molar-refractivity contribution in [1.82, 2.24) is 9.88 Å². The highest BCUT2D eigenvalue weighted by atomic mass is 32.1. The van der Waals surface area contributed by atoms with Crippen molar-refractivity contribution in [2.45, 2.75) is 46.6 Å². The second-order valence-electron chi connectivity index (χ2n) is 7.65. The summed E-state index contributed by atoms with van der Waals surface area (Å²) in [5.74, 6) is -0.848. The van der Waals surface area contributed by atoms with E-state index in [0.29, 0.717) is 11.7 Å². The Hall–Kier alpha value is -2.73. The van der Waals surface area contributed by atoms with Crippen molar-refractivity contribution in [2.75, 3.05) is 4.90 Å². The molecular weight excluding hydrogens is 370 g/mol. The SMILES string of the molecule is Cc1ccc(N2C(=O)C(=Cc3cc(C)n(C4CC4)c3C)C(=O)NC2=S)cc1C. The maximum atomic E-state index is 13.2. The molecule has 2 fully saturated rings. The summed E-state index contributed by atoms with van der Waals surface area (Å²) in [4.78, 5) is 27.1. The van der Waals surface area contributed by atoms with Crippen LogP contribution in [-0.2, 0) is 9.59 Å². The first-order valence-electron chi connectivity index (χ1n) is 9.45. The van der Waals surface area contributed by atoms with E-state index in [4.69, 9.17) is 12.2 Å². The molecule has 0 spiro atoms. The maximum Gasteiger partial charge on any atom is 0.270 e. The zero-order chi connectivity index (χ0) is 20.2. The molecule has 1 saturated carbocycles. The van der Waals surface area contributed by atoms with Crippen molar-refractivity contribution in [2.24, 2.45) is 0 Å². The summed E-state index contributed by atoms with van der Waals surface area (Å²) in [7, 11) is 0. The van der Waals surface area contributed by atoms with E-state index >= 15 is 0 Å². The molecule has 1 aliphatic heterocycles. The lowest BCUT2D eigenvalue weighted by Crippen LogP contribution is -2.54. The zero-order valence-electron chi connectivity index (χ0n) is 16.5. The van der Waals surface area contributed by atoms with Gasteiger partial charge in [0, 0.05) is 17.4 Å². The number of amides is 2. The lowest BCUT2D eigenvalue weighted by molar-refractivity contribution is -0.122. The largest absolute Gasteiger partial charge is 0.346 e. The minimum Gasteiger partial charge on any atom is -0.346 e. The van der Waals surface area contributed by atoms with Crippen LogP contribution >= 0.6 is 12.2 Å². The zero-order valence-corrected chi connectivity index (χ0v) is 17.3. The predicted octanol–water partition coefficient (Wildman–Crippen LogP) is 3.89. The third-order valence-electron chi connectivity index (χ3n) is 5.59. The van der Waals surface area contributed by atoms with Crippen LogP contribution in [0, 0.1) is 27.7 Å². The number of aryl methyl sites for hydroxylation is 3. The number of hydrogen-bond donors (Lipinski definition) is 1. The van der Waals surface area contributed by atoms with Crippen molar-refractivity contribution in [1.29, 1.82) is 0 Å². The summed E-state index contributed by atoms with van der Waals surface area (Å²) in [6, 6.07) is 8.29. The van der Waals surface area contributed by atoms with E-state index in [1.165, 1.54) is 17.7 Å². The molecule has 1 aromatic heterocycles. The Bertz CT molecular complexity index is 1060. The van der Waals surface area contributed by atoms with Gasteiger partial charge in [-0.25, -0.2) is 0 Å². The number of hydrogen-bond acceptors (Lipinski definition) is 3.